The lowest BCUT2D eigenvalue weighted by atomic mass is 10.1. The van der Waals surface area contributed by atoms with Crippen molar-refractivity contribution >= 4 is 17.5 Å². The van der Waals surface area contributed by atoms with Crippen LogP contribution in [0, 0.1) is 0 Å². The van der Waals surface area contributed by atoms with Crippen molar-refractivity contribution in [2.45, 2.75) is 12.8 Å². The summed E-state index contributed by atoms with van der Waals surface area (Å²) in [5, 5.41) is 8.81. The number of rotatable bonds is 5. The zero-order valence-electron chi connectivity index (χ0n) is 16.2. The molecular weight excluding hydrogens is 354 g/mol. The number of nitrogens with zero attached hydrogens (tertiary/aromatic N) is 5. The van der Waals surface area contributed by atoms with Gasteiger partial charge in [-0.1, -0.05) is 30.3 Å². The lowest BCUT2D eigenvalue weighted by Crippen LogP contribution is -2.49. The number of aryl methyl sites for hydroxylation is 1. The van der Waals surface area contributed by atoms with E-state index in [2.05, 4.69) is 32.1 Å². The molecule has 7 nitrogen and oxygen atoms in total. The summed E-state index contributed by atoms with van der Waals surface area (Å²) >= 11 is 0. The fourth-order valence-corrected chi connectivity index (χ4v) is 3.69. The van der Waals surface area contributed by atoms with Gasteiger partial charge in [0.2, 0.25) is 5.91 Å². The zero-order valence-corrected chi connectivity index (χ0v) is 16.2. The number of carbonyl (C=O) groups is 1. The van der Waals surface area contributed by atoms with Gasteiger partial charge in [-0.05, 0) is 24.1 Å². The fraction of sp³-hybridized carbons (Fsp3) is 0.476. The van der Waals surface area contributed by atoms with Crippen LogP contribution in [0.3, 0.4) is 0 Å². The minimum absolute atomic E-state index is 0.234. The Balaban J connectivity index is 1.26. The van der Waals surface area contributed by atoms with Crippen LogP contribution in [0.15, 0.2) is 42.5 Å². The fourth-order valence-electron chi connectivity index (χ4n) is 3.69. The quantitative estimate of drug-likeness (QED) is 0.784. The first-order valence-corrected chi connectivity index (χ1v) is 10.0. The van der Waals surface area contributed by atoms with Crippen molar-refractivity contribution in [3.05, 3.63) is 48.0 Å². The van der Waals surface area contributed by atoms with Crippen LogP contribution in [0.2, 0.25) is 0 Å². The highest BCUT2D eigenvalue weighted by molar-refractivity contribution is 5.76. The van der Waals surface area contributed by atoms with E-state index in [0.717, 1.165) is 70.5 Å². The smallest absolute Gasteiger partial charge is 0.223 e. The minimum atomic E-state index is 0.234. The highest BCUT2D eigenvalue weighted by Gasteiger charge is 2.22. The normalized spacial score (nSPS) is 17.6. The van der Waals surface area contributed by atoms with Crippen molar-refractivity contribution in [2.24, 2.45) is 0 Å². The molecule has 0 unspecified atom stereocenters. The van der Waals surface area contributed by atoms with Crippen molar-refractivity contribution in [1.29, 1.82) is 0 Å². The monoisotopic (exact) mass is 381 g/mol. The first-order chi connectivity index (χ1) is 13.8. The van der Waals surface area contributed by atoms with Gasteiger partial charge in [0.05, 0.1) is 13.2 Å². The first kappa shape index (κ1) is 18.7. The summed E-state index contributed by atoms with van der Waals surface area (Å²) < 4.78 is 5.38. The molecule has 4 rings (SSSR count). The van der Waals surface area contributed by atoms with Crippen LogP contribution in [-0.4, -0.2) is 73.5 Å². The Morgan fingerprint density at radius 2 is 1.43 bits per heavy atom. The topological polar surface area (TPSA) is 61.8 Å². The number of aromatic nitrogens is 2. The molecule has 0 atom stereocenters. The maximum absolute atomic E-state index is 12.5. The molecule has 1 aromatic carbocycles. The van der Waals surface area contributed by atoms with Gasteiger partial charge >= 0.3 is 0 Å². The number of anilines is 2. The van der Waals surface area contributed by atoms with Crippen LogP contribution in [0.5, 0.6) is 0 Å². The number of morpholine rings is 1. The summed E-state index contributed by atoms with van der Waals surface area (Å²) in [6, 6.07) is 14.2. The highest BCUT2D eigenvalue weighted by atomic mass is 16.5. The third kappa shape index (κ3) is 4.59. The van der Waals surface area contributed by atoms with E-state index in [4.69, 9.17) is 4.74 Å². The van der Waals surface area contributed by atoms with Gasteiger partial charge in [0.1, 0.15) is 0 Å². The van der Waals surface area contributed by atoms with E-state index in [0.29, 0.717) is 6.42 Å². The molecule has 2 aliphatic rings. The number of amides is 1. The summed E-state index contributed by atoms with van der Waals surface area (Å²) in [4.78, 5) is 18.9. The third-order valence-electron chi connectivity index (χ3n) is 5.40. The molecule has 148 valence electrons. The highest BCUT2D eigenvalue weighted by Crippen LogP contribution is 2.18. The van der Waals surface area contributed by atoms with Crippen LogP contribution >= 0.6 is 0 Å². The minimum Gasteiger partial charge on any atom is -0.378 e. The van der Waals surface area contributed by atoms with Gasteiger partial charge in [-0.15, -0.1) is 10.2 Å². The van der Waals surface area contributed by atoms with Gasteiger partial charge in [0.15, 0.2) is 11.6 Å². The number of hydrogen-bond acceptors (Lipinski definition) is 6. The van der Waals surface area contributed by atoms with Gasteiger partial charge in [0, 0.05) is 45.7 Å². The second kappa shape index (κ2) is 9.01. The molecule has 0 aliphatic carbocycles. The molecule has 2 aromatic rings. The Morgan fingerprint density at radius 3 is 2.04 bits per heavy atom. The maximum Gasteiger partial charge on any atom is 0.223 e. The van der Waals surface area contributed by atoms with E-state index in [1.807, 2.05) is 35.2 Å². The Morgan fingerprint density at radius 1 is 0.821 bits per heavy atom. The Hall–Kier alpha value is -2.67. The lowest BCUT2D eigenvalue weighted by molar-refractivity contribution is -0.131. The predicted molar refractivity (Wildman–Crippen MR) is 109 cm³/mol. The van der Waals surface area contributed by atoms with Crippen molar-refractivity contribution in [3.63, 3.8) is 0 Å². The van der Waals surface area contributed by atoms with E-state index < -0.39 is 0 Å². The van der Waals surface area contributed by atoms with Gasteiger partial charge in [-0.25, -0.2) is 0 Å². The molecule has 28 heavy (non-hydrogen) atoms. The van der Waals surface area contributed by atoms with Crippen molar-refractivity contribution in [3.8, 4) is 0 Å². The molecule has 2 fully saturated rings. The number of ether oxygens (including phenoxy) is 1. The number of carbonyl (C=O) groups excluding carboxylic acids is 1. The number of benzene rings is 1. The average molecular weight is 381 g/mol. The van der Waals surface area contributed by atoms with Crippen LogP contribution < -0.4 is 9.80 Å². The molecule has 0 bridgehead atoms. The molecule has 0 spiro atoms. The van der Waals surface area contributed by atoms with Gasteiger partial charge in [-0.3, -0.25) is 4.79 Å². The molecular formula is C21H27N5O2. The molecule has 1 amide bonds. The van der Waals surface area contributed by atoms with Crippen LogP contribution in [0.25, 0.3) is 0 Å². The second-order valence-electron chi connectivity index (χ2n) is 7.20. The summed E-state index contributed by atoms with van der Waals surface area (Å²) in [7, 11) is 0. The molecule has 2 aliphatic heterocycles. The summed E-state index contributed by atoms with van der Waals surface area (Å²) in [5.41, 5.74) is 1.21. The van der Waals surface area contributed by atoms with Gasteiger partial charge < -0.3 is 19.4 Å². The lowest BCUT2D eigenvalue weighted by Gasteiger charge is -2.35. The molecule has 7 heteroatoms. The third-order valence-corrected chi connectivity index (χ3v) is 5.40. The van der Waals surface area contributed by atoms with Crippen molar-refractivity contribution < 1.29 is 9.53 Å². The summed E-state index contributed by atoms with van der Waals surface area (Å²) in [6.07, 6.45) is 1.37. The van der Waals surface area contributed by atoms with Crippen LogP contribution in [-0.2, 0) is 16.0 Å². The predicted octanol–water partition coefficient (Wildman–Crippen LogP) is 1.59. The second-order valence-corrected chi connectivity index (χ2v) is 7.20. The van der Waals surface area contributed by atoms with E-state index >= 15 is 0 Å². The van der Waals surface area contributed by atoms with Crippen molar-refractivity contribution in [1.82, 2.24) is 15.1 Å². The largest absolute Gasteiger partial charge is 0.378 e. The molecule has 0 saturated carbocycles. The molecule has 1 aromatic heterocycles. The molecule has 0 N–H and O–H groups in total. The van der Waals surface area contributed by atoms with Gasteiger partial charge in [0.25, 0.3) is 0 Å². The number of piperazine rings is 1. The Labute approximate surface area is 165 Å². The van der Waals surface area contributed by atoms with E-state index in [1.165, 1.54) is 5.56 Å². The first-order valence-electron chi connectivity index (χ1n) is 10.0. The Kier molecular flexibility index (Phi) is 6.01. The zero-order chi connectivity index (χ0) is 19.2. The molecule has 2 saturated heterocycles. The molecule has 3 heterocycles. The van der Waals surface area contributed by atoms with Crippen molar-refractivity contribution in [2.75, 3.05) is 62.3 Å². The van der Waals surface area contributed by atoms with E-state index in [1.54, 1.807) is 0 Å². The van der Waals surface area contributed by atoms with E-state index in [-0.39, 0.29) is 5.91 Å². The maximum atomic E-state index is 12.5. The van der Waals surface area contributed by atoms with Gasteiger partial charge in [-0.2, -0.15) is 0 Å². The van der Waals surface area contributed by atoms with Crippen LogP contribution in [0.4, 0.5) is 11.6 Å². The summed E-state index contributed by atoms with van der Waals surface area (Å²) in [5.74, 6) is 2.02. The summed E-state index contributed by atoms with van der Waals surface area (Å²) in [6.45, 7) is 6.26. The standard InChI is InChI=1S/C21H27N5O2/c27-21(9-6-18-4-2-1-3-5-18)26-12-10-24(11-13-26)19-7-8-20(23-22-19)25-14-16-28-17-15-25/h1-5,7-8H,6,9-17H2. The average Bonchev–Trinajstić information content (AvgIpc) is 2.79. The Bertz CT molecular complexity index is 754. The van der Waals surface area contributed by atoms with Crippen LogP contribution in [0.1, 0.15) is 12.0 Å². The SMILES string of the molecule is O=C(CCc1ccccc1)N1CCN(c2ccc(N3CCOCC3)nn2)CC1. The number of hydrogen-bond donors (Lipinski definition) is 0. The van der Waals surface area contributed by atoms with E-state index in [9.17, 15) is 4.79 Å². The molecule has 0 radical (unpaired) electrons.